The Kier molecular flexibility index (Phi) is 4.99. The Hall–Kier alpha value is -2.02. The molecule has 0 atom stereocenters. The standard InChI is InChI=1S/C16H16F3NO2S/c1-23(21,22)11-13-7-3-5-9-15(13)20-10-12-6-2-4-8-14(12)16(17,18)19/h2-9,20H,10-11H2,1H3. The summed E-state index contributed by atoms with van der Waals surface area (Å²) in [7, 11) is -3.23. The fraction of sp³-hybridized carbons (Fsp3) is 0.250. The van der Waals surface area contributed by atoms with Gasteiger partial charge in [-0.05, 0) is 23.3 Å². The molecule has 0 spiro atoms. The van der Waals surface area contributed by atoms with E-state index in [1.54, 1.807) is 24.3 Å². The summed E-state index contributed by atoms with van der Waals surface area (Å²) < 4.78 is 61.8. The summed E-state index contributed by atoms with van der Waals surface area (Å²) in [5.74, 6) is -0.170. The van der Waals surface area contributed by atoms with Crippen LogP contribution in [0.3, 0.4) is 0 Å². The molecule has 0 aliphatic carbocycles. The van der Waals surface area contributed by atoms with Gasteiger partial charge in [0.1, 0.15) is 0 Å². The van der Waals surface area contributed by atoms with Gasteiger partial charge < -0.3 is 5.32 Å². The van der Waals surface area contributed by atoms with Crippen LogP contribution in [0.5, 0.6) is 0 Å². The number of hydrogen-bond donors (Lipinski definition) is 1. The number of nitrogens with one attached hydrogen (secondary N) is 1. The lowest BCUT2D eigenvalue weighted by molar-refractivity contribution is -0.138. The number of para-hydroxylation sites is 1. The van der Waals surface area contributed by atoms with Gasteiger partial charge >= 0.3 is 6.18 Å². The van der Waals surface area contributed by atoms with Gasteiger partial charge in [0.25, 0.3) is 0 Å². The van der Waals surface area contributed by atoms with Crippen LogP contribution in [-0.2, 0) is 28.3 Å². The molecule has 0 heterocycles. The molecule has 2 aromatic rings. The highest BCUT2D eigenvalue weighted by molar-refractivity contribution is 7.89. The van der Waals surface area contributed by atoms with Crippen LogP contribution in [0.25, 0.3) is 0 Å². The summed E-state index contributed by atoms with van der Waals surface area (Å²) in [5.41, 5.74) is 0.441. The Labute approximate surface area is 133 Å². The normalized spacial score (nSPS) is 12.2. The average Bonchev–Trinajstić information content (AvgIpc) is 2.44. The van der Waals surface area contributed by atoms with Gasteiger partial charge in [-0.2, -0.15) is 13.2 Å². The minimum Gasteiger partial charge on any atom is -0.381 e. The van der Waals surface area contributed by atoms with Crippen LogP contribution in [0.2, 0.25) is 0 Å². The molecule has 0 aromatic heterocycles. The molecule has 0 unspecified atom stereocenters. The average molecular weight is 343 g/mol. The first-order valence-corrected chi connectivity index (χ1v) is 8.87. The lowest BCUT2D eigenvalue weighted by atomic mass is 10.1. The lowest BCUT2D eigenvalue weighted by Crippen LogP contribution is -2.12. The van der Waals surface area contributed by atoms with E-state index in [1.807, 2.05) is 0 Å². The van der Waals surface area contributed by atoms with Crippen molar-refractivity contribution in [2.24, 2.45) is 0 Å². The van der Waals surface area contributed by atoms with Crippen molar-refractivity contribution in [3.8, 4) is 0 Å². The van der Waals surface area contributed by atoms with Crippen LogP contribution < -0.4 is 5.32 Å². The maximum atomic E-state index is 13.0. The zero-order valence-corrected chi connectivity index (χ0v) is 13.2. The Bertz CT molecular complexity index is 786. The van der Waals surface area contributed by atoms with Crippen LogP contribution in [0.4, 0.5) is 18.9 Å². The second-order valence-corrected chi connectivity index (χ2v) is 7.38. The third-order valence-electron chi connectivity index (χ3n) is 3.23. The number of rotatable bonds is 5. The van der Waals surface area contributed by atoms with Crippen molar-refractivity contribution < 1.29 is 21.6 Å². The van der Waals surface area contributed by atoms with Crippen molar-refractivity contribution in [3.05, 3.63) is 65.2 Å². The van der Waals surface area contributed by atoms with Crippen molar-refractivity contribution in [2.75, 3.05) is 11.6 Å². The molecule has 0 fully saturated rings. The van der Waals surface area contributed by atoms with E-state index < -0.39 is 21.6 Å². The lowest BCUT2D eigenvalue weighted by Gasteiger charge is -2.15. The molecular formula is C16H16F3NO2S. The van der Waals surface area contributed by atoms with E-state index in [1.165, 1.54) is 18.2 Å². The van der Waals surface area contributed by atoms with E-state index in [0.29, 0.717) is 11.3 Å². The molecule has 1 N–H and O–H groups in total. The number of sulfone groups is 1. The number of benzene rings is 2. The van der Waals surface area contributed by atoms with Crippen LogP contribution in [0, 0.1) is 0 Å². The van der Waals surface area contributed by atoms with Crippen molar-refractivity contribution in [1.82, 2.24) is 0 Å². The SMILES string of the molecule is CS(=O)(=O)Cc1ccccc1NCc1ccccc1C(F)(F)F. The molecule has 23 heavy (non-hydrogen) atoms. The first-order chi connectivity index (χ1) is 10.7. The maximum Gasteiger partial charge on any atom is 0.416 e. The molecular weight excluding hydrogens is 327 g/mol. The van der Waals surface area contributed by atoms with Gasteiger partial charge in [0, 0.05) is 18.5 Å². The molecule has 124 valence electrons. The van der Waals surface area contributed by atoms with Crippen LogP contribution >= 0.6 is 0 Å². The topological polar surface area (TPSA) is 46.2 Å². The third-order valence-corrected chi connectivity index (χ3v) is 4.06. The summed E-state index contributed by atoms with van der Waals surface area (Å²) in [5, 5.41) is 2.90. The Morgan fingerprint density at radius 3 is 2.13 bits per heavy atom. The van der Waals surface area contributed by atoms with E-state index >= 15 is 0 Å². The number of hydrogen-bond acceptors (Lipinski definition) is 3. The van der Waals surface area contributed by atoms with Gasteiger partial charge in [0.2, 0.25) is 0 Å². The van der Waals surface area contributed by atoms with E-state index in [9.17, 15) is 21.6 Å². The van der Waals surface area contributed by atoms with Gasteiger partial charge in [-0.15, -0.1) is 0 Å². The van der Waals surface area contributed by atoms with Gasteiger partial charge in [0.05, 0.1) is 11.3 Å². The minimum atomic E-state index is -4.43. The molecule has 0 aliphatic rings. The van der Waals surface area contributed by atoms with Crippen molar-refractivity contribution in [3.63, 3.8) is 0 Å². The highest BCUT2D eigenvalue weighted by Gasteiger charge is 2.32. The quantitative estimate of drug-likeness (QED) is 0.897. The zero-order chi connectivity index (χ0) is 17.1. The summed E-state index contributed by atoms with van der Waals surface area (Å²) in [6.07, 6.45) is -3.31. The highest BCUT2D eigenvalue weighted by Crippen LogP contribution is 2.32. The summed E-state index contributed by atoms with van der Waals surface area (Å²) in [6, 6.07) is 12.0. The van der Waals surface area contributed by atoms with Gasteiger partial charge in [-0.1, -0.05) is 36.4 Å². The molecule has 0 saturated heterocycles. The summed E-state index contributed by atoms with van der Waals surface area (Å²) in [4.78, 5) is 0. The second kappa shape index (κ2) is 6.62. The van der Waals surface area contributed by atoms with Gasteiger partial charge in [-0.25, -0.2) is 8.42 Å². The summed E-state index contributed by atoms with van der Waals surface area (Å²) in [6.45, 7) is -0.0452. The fourth-order valence-corrected chi connectivity index (χ4v) is 3.06. The first kappa shape index (κ1) is 17.3. The molecule has 2 aromatic carbocycles. The maximum absolute atomic E-state index is 13.0. The Morgan fingerprint density at radius 1 is 0.957 bits per heavy atom. The van der Waals surface area contributed by atoms with Gasteiger partial charge in [0.15, 0.2) is 9.84 Å². The zero-order valence-electron chi connectivity index (χ0n) is 12.4. The highest BCUT2D eigenvalue weighted by atomic mass is 32.2. The Morgan fingerprint density at radius 2 is 1.52 bits per heavy atom. The monoisotopic (exact) mass is 343 g/mol. The first-order valence-electron chi connectivity index (χ1n) is 6.81. The molecule has 0 radical (unpaired) electrons. The van der Waals surface area contributed by atoms with Crippen LogP contribution in [0.15, 0.2) is 48.5 Å². The molecule has 0 saturated carbocycles. The van der Waals surface area contributed by atoms with Crippen molar-refractivity contribution >= 4 is 15.5 Å². The largest absolute Gasteiger partial charge is 0.416 e. The van der Waals surface area contributed by atoms with Crippen molar-refractivity contribution in [1.29, 1.82) is 0 Å². The van der Waals surface area contributed by atoms with E-state index in [4.69, 9.17) is 0 Å². The molecule has 7 heteroatoms. The predicted octanol–water partition coefficient (Wildman–Crippen LogP) is 3.86. The third kappa shape index (κ3) is 4.99. The molecule has 0 bridgehead atoms. The van der Waals surface area contributed by atoms with Crippen LogP contribution in [0.1, 0.15) is 16.7 Å². The van der Waals surface area contributed by atoms with Gasteiger partial charge in [-0.3, -0.25) is 0 Å². The van der Waals surface area contributed by atoms with Crippen molar-refractivity contribution in [2.45, 2.75) is 18.5 Å². The predicted molar refractivity (Wildman–Crippen MR) is 83.8 cm³/mol. The van der Waals surface area contributed by atoms with Crippen LogP contribution in [-0.4, -0.2) is 14.7 Å². The smallest absolute Gasteiger partial charge is 0.381 e. The molecule has 0 aliphatic heterocycles. The number of alkyl halides is 3. The number of anilines is 1. The van der Waals surface area contributed by atoms with E-state index in [2.05, 4.69) is 5.32 Å². The molecule has 3 nitrogen and oxygen atoms in total. The van der Waals surface area contributed by atoms with E-state index in [-0.39, 0.29) is 17.9 Å². The molecule has 2 rings (SSSR count). The molecule has 0 amide bonds. The fourth-order valence-electron chi connectivity index (χ4n) is 2.24. The second-order valence-electron chi connectivity index (χ2n) is 5.24. The Balaban J connectivity index is 2.23. The minimum absolute atomic E-state index is 0.0452. The summed E-state index contributed by atoms with van der Waals surface area (Å²) >= 11 is 0. The number of halogens is 3. The van der Waals surface area contributed by atoms with E-state index in [0.717, 1.165) is 12.3 Å².